The normalized spacial score (nSPS) is 14.9. The summed E-state index contributed by atoms with van der Waals surface area (Å²) in [5.74, 6) is 0. The highest BCUT2D eigenvalue weighted by atomic mass is 32.2. The van der Waals surface area contributed by atoms with Crippen LogP contribution in [0.4, 0.5) is 5.69 Å². The molecule has 3 nitrogen and oxygen atoms in total. The number of aryl methyl sites for hydroxylation is 3. The maximum absolute atomic E-state index is 13.0. The molecule has 0 N–H and O–H groups in total. The maximum atomic E-state index is 13.0. The van der Waals surface area contributed by atoms with Gasteiger partial charge in [-0.05, 0) is 49.9 Å². The van der Waals surface area contributed by atoms with Crippen molar-refractivity contribution in [1.29, 1.82) is 0 Å². The van der Waals surface area contributed by atoms with Gasteiger partial charge in [0.25, 0.3) is 10.0 Å². The number of nitrogens with zero attached hydrogens (tertiary/aromatic N) is 1. The number of hydrogen-bond acceptors (Lipinski definition) is 2. The van der Waals surface area contributed by atoms with E-state index in [0.29, 0.717) is 11.4 Å². The smallest absolute Gasteiger partial charge is 0.264 e. The maximum Gasteiger partial charge on any atom is 0.264 e. The number of sulfonamides is 1. The summed E-state index contributed by atoms with van der Waals surface area (Å²) in [5, 5.41) is 0. The standard InChI is InChI=1S/C17H19NO2S/c1-13-9-10-16-15(12-13)7-5-11-18(16)21(19,20)17-8-4-3-6-14(17)2/h3-4,6,8-10,12H,5,7,11H2,1-2H3. The van der Waals surface area contributed by atoms with Crippen LogP contribution in [0.15, 0.2) is 47.4 Å². The minimum Gasteiger partial charge on any atom is -0.266 e. The Bertz CT molecular complexity index is 781. The van der Waals surface area contributed by atoms with Gasteiger partial charge in [-0.3, -0.25) is 4.31 Å². The Morgan fingerprint density at radius 1 is 1.05 bits per heavy atom. The van der Waals surface area contributed by atoms with Gasteiger partial charge < -0.3 is 0 Å². The van der Waals surface area contributed by atoms with Gasteiger partial charge in [0.15, 0.2) is 0 Å². The molecule has 0 unspecified atom stereocenters. The largest absolute Gasteiger partial charge is 0.266 e. The van der Waals surface area contributed by atoms with E-state index in [2.05, 4.69) is 6.07 Å². The second kappa shape index (κ2) is 5.19. The lowest BCUT2D eigenvalue weighted by Gasteiger charge is -2.31. The van der Waals surface area contributed by atoms with Crippen molar-refractivity contribution in [1.82, 2.24) is 0 Å². The van der Waals surface area contributed by atoms with Gasteiger partial charge in [-0.15, -0.1) is 0 Å². The van der Waals surface area contributed by atoms with Crippen LogP contribution in [0.25, 0.3) is 0 Å². The molecule has 2 aromatic carbocycles. The van der Waals surface area contributed by atoms with E-state index in [0.717, 1.165) is 29.7 Å². The van der Waals surface area contributed by atoms with E-state index >= 15 is 0 Å². The van der Waals surface area contributed by atoms with Crippen molar-refractivity contribution in [2.75, 3.05) is 10.8 Å². The fourth-order valence-corrected chi connectivity index (χ4v) is 4.68. The van der Waals surface area contributed by atoms with E-state index < -0.39 is 10.0 Å². The molecule has 0 amide bonds. The molecule has 0 bridgehead atoms. The molecule has 4 heteroatoms. The average Bonchev–Trinajstić information content (AvgIpc) is 2.46. The van der Waals surface area contributed by atoms with E-state index in [9.17, 15) is 8.42 Å². The molecular weight excluding hydrogens is 282 g/mol. The van der Waals surface area contributed by atoms with Crippen molar-refractivity contribution in [3.05, 3.63) is 59.2 Å². The van der Waals surface area contributed by atoms with Gasteiger partial charge in [-0.1, -0.05) is 35.9 Å². The van der Waals surface area contributed by atoms with Crippen LogP contribution in [-0.4, -0.2) is 15.0 Å². The first kappa shape index (κ1) is 14.1. The Morgan fingerprint density at radius 3 is 2.57 bits per heavy atom. The Hall–Kier alpha value is -1.81. The van der Waals surface area contributed by atoms with E-state index in [1.807, 2.05) is 38.1 Å². The summed E-state index contributed by atoms with van der Waals surface area (Å²) >= 11 is 0. The fourth-order valence-electron chi connectivity index (χ4n) is 2.91. The number of benzene rings is 2. The first-order chi connectivity index (χ1) is 10.00. The molecule has 1 aliphatic rings. The van der Waals surface area contributed by atoms with Gasteiger partial charge in [0.1, 0.15) is 0 Å². The zero-order valence-electron chi connectivity index (χ0n) is 12.3. The van der Waals surface area contributed by atoms with Crippen LogP contribution in [0.5, 0.6) is 0 Å². The molecular formula is C17H19NO2S. The Balaban J connectivity index is 2.12. The second-order valence-corrected chi connectivity index (χ2v) is 7.41. The predicted molar refractivity (Wildman–Crippen MR) is 85.2 cm³/mol. The van der Waals surface area contributed by atoms with Gasteiger partial charge in [-0.2, -0.15) is 0 Å². The van der Waals surface area contributed by atoms with Crippen molar-refractivity contribution in [3.63, 3.8) is 0 Å². The fraction of sp³-hybridized carbons (Fsp3) is 0.294. The summed E-state index contributed by atoms with van der Waals surface area (Å²) in [4.78, 5) is 0.401. The Kier molecular flexibility index (Phi) is 3.49. The average molecular weight is 301 g/mol. The minimum absolute atomic E-state index is 0.401. The molecule has 1 heterocycles. The molecule has 0 aromatic heterocycles. The van der Waals surface area contributed by atoms with Crippen LogP contribution in [0.2, 0.25) is 0 Å². The highest BCUT2D eigenvalue weighted by Crippen LogP contribution is 2.33. The summed E-state index contributed by atoms with van der Waals surface area (Å²) in [6.07, 6.45) is 1.80. The minimum atomic E-state index is -3.49. The molecule has 2 aromatic rings. The molecule has 0 fully saturated rings. The van der Waals surface area contributed by atoms with Crippen molar-refractivity contribution in [3.8, 4) is 0 Å². The number of fused-ring (bicyclic) bond motifs is 1. The molecule has 110 valence electrons. The lowest BCUT2D eigenvalue weighted by atomic mass is 10.0. The second-order valence-electron chi connectivity index (χ2n) is 5.58. The molecule has 0 saturated carbocycles. The summed E-state index contributed by atoms with van der Waals surface area (Å²) < 4.78 is 27.5. The zero-order valence-corrected chi connectivity index (χ0v) is 13.2. The third-order valence-electron chi connectivity index (χ3n) is 3.97. The summed E-state index contributed by atoms with van der Waals surface area (Å²) in [5.41, 5.74) is 3.91. The molecule has 0 saturated heterocycles. The predicted octanol–water partition coefficient (Wildman–Crippen LogP) is 3.44. The van der Waals surface area contributed by atoms with Crippen molar-refractivity contribution in [2.45, 2.75) is 31.6 Å². The van der Waals surface area contributed by atoms with Crippen molar-refractivity contribution in [2.24, 2.45) is 0 Å². The van der Waals surface area contributed by atoms with Crippen LogP contribution in [0.3, 0.4) is 0 Å². The van der Waals surface area contributed by atoms with Gasteiger partial charge in [0.2, 0.25) is 0 Å². The summed E-state index contributed by atoms with van der Waals surface area (Å²) in [6.45, 7) is 4.43. The van der Waals surface area contributed by atoms with Gasteiger partial charge in [0, 0.05) is 6.54 Å². The van der Waals surface area contributed by atoms with Crippen molar-refractivity contribution >= 4 is 15.7 Å². The quantitative estimate of drug-likeness (QED) is 0.852. The monoisotopic (exact) mass is 301 g/mol. The van der Waals surface area contributed by atoms with Crippen LogP contribution in [0, 0.1) is 13.8 Å². The topological polar surface area (TPSA) is 37.4 Å². The van der Waals surface area contributed by atoms with E-state index in [4.69, 9.17) is 0 Å². The first-order valence-corrected chi connectivity index (χ1v) is 8.62. The van der Waals surface area contributed by atoms with E-state index in [-0.39, 0.29) is 0 Å². The third kappa shape index (κ3) is 2.44. The summed E-state index contributed by atoms with van der Waals surface area (Å²) in [7, 11) is -3.49. The number of hydrogen-bond donors (Lipinski definition) is 0. The van der Waals surface area contributed by atoms with Gasteiger partial charge >= 0.3 is 0 Å². The Labute approximate surface area is 126 Å². The zero-order chi connectivity index (χ0) is 15.0. The van der Waals surface area contributed by atoms with Gasteiger partial charge in [0.05, 0.1) is 10.6 Å². The molecule has 21 heavy (non-hydrogen) atoms. The van der Waals surface area contributed by atoms with Gasteiger partial charge in [-0.25, -0.2) is 8.42 Å². The highest BCUT2D eigenvalue weighted by Gasteiger charge is 2.29. The van der Waals surface area contributed by atoms with E-state index in [1.54, 1.807) is 16.4 Å². The third-order valence-corrected chi connectivity index (χ3v) is 5.95. The SMILES string of the molecule is Cc1ccc2c(c1)CCCN2S(=O)(=O)c1ccccc1C. The lowest BCUT2D eigenvalue weighted by Crippen LogP contribution is -2.35. The molecule has 3 rings (SSSR count). The summed E-state index contributed by atoms with van der Waals surface area (Å²) in [6, 6.07) is 13.2. The molecule has 0 atom stereocenters. The molecule has 1 aliphatic heterocycles. The Morgan fingerprint density at radius 2 is 1.81 bits per heavy atom. The molecule has 0 spiro atoms. The lowest BCUT2D eigenvalue weighted by molar-refractivity contribution is 0.586. The van der Waals surface area contributed by atoms with Crippen LogP contribution < -0.4 is 4.31 Å². The molecule has 0 aliphatic carbocycles. The number of rotatable bonds is 2. The number of anilines is 1. The van der Waals surface area contributed by atoms with Crippen molar-refractivity contribution < 1.29 is 8.42 Å². The van der Waals surface area contributed by atoms with Crippen LogP contribution in [0.1, 0.15) is 23.1 Å². The highest BCUT2D eigenvalue weighted by molar-refractivity contribution is 7.92. The van der Waals surface area contributed by atoms with Crippen LogP contribution in [-0.2, 0) is 16.4 Å². The van der Waals surface area contributed by atoms with E-state index in [1.165, 1.54) is 5.56 Å². The molecule has 0 radical (unpaired) electrons. The first-order valence-electron chi connectivity index (χ1n) is 7.18. The van der Waals surface area contributed by atoms with Crippen LogP contribution >= 0.6 is 0 Å².